The topological polar surface area (TPSA) is 67.4 Å². The van der Waals surface area contributed by atoms with Crippen LogP contribution in [0.3, 0.4) is 0 Å². The summed E-state index contributed by atoms with van der Waals surface area (Å²) >= 11 is 5.95. The van der Waals surface area contributed by atoms with Crippen molar-refractivity contribution in [2.75, 3.05) is 7.11 Å². The zero-order chi connectivity index (χ0) is 20.6. The molecule has 1 aliphatic carbocycles. The molecule has 2 N–H and O–H groups in total. The van der Waals surface area contributed by atoms with E-state index in [0.29, 0.717) is 16.3 Å². The van der Waals surface area contributed by atoms with Crippen LogP contribution in [-0.2, 0) is 4.79 Å². The van der Waals surface area contributed by atoms with Crippen LogP contribution in [0.25, 0.3) is 6.08 Å². The van der Waals surface area contributed by atoms with Crippen molar-refractivity contribution in [1.29, 1.82) is 0 Å². The zero-order valence-corrected chi connectivity index (χ0v) is 17.2. The molecule has 3 rings (SSSR count). The number of ether oxygens (including phenoxy) is 1. The number of hydrogen-bond acceptors (Lipinski definition) is 3. The Kier molecular flexibility index (Phi) is 7.30. The van der Waals surface area contributed by atoms with Gasteiger partial charge in [-0.05, 0) is 60.9 Å². The summed E-state index contributed by atoms with van der Waals surface area (Å²) in [5.74, 6) is 0.0221. The molecule has 0 aromatic heterocycles. The summed E-state index contributed by atoms with van der Waals surface area (Å²) in [7, 11) is 1.57. The van der Waals surface area contributed by atoms with Gasteiger partial charge in [-0.2, -0.15) is 0 Å². The van der Waals surface area contributed by atoms with E-state index in [4.69, 9.17) is 16.3 Å². The lowest BCUT2D eigenvalue weighted by molar-refractivity contribution is -0.118. The number of rotatable bonds is 6. The highest BCUT2D eigenvalue weighted by molar-refractivity contribution is 6.30. The summed E-state index contributed by atoms with van der Waals surface area (Å²) in [6, 6.07) is 14.0. The molecule has 6 heteroatoms. The van der Waals surface area contributed by atoms with Crippen LogP contribution >= 0.6 is 11.6 Å². The van der Waals surface area contributed by atoms with Crippen molar-refractivity contribution < 1.29 is 14.3 Å². The molecule has 0 aliphatic heterocycles. The van der Waals surface area contributed by atoms with Gasteiger partial charge in [0.2, 0.25) is 0 Å². The molecule has 1 aliphatic rings. The van der Waals surface area contributed by atoms with E-state index in [-0.39, 0.29) is 23.6 Å². The van der Waals surface area contributed by atoms with Gasteiger partial charge in [0.1, 0.15) is 11.4 Å². The minimum absolute atomic E-state index is 0.141. The van der Waals surface area contributed by atoms with Crippen molar-refractivity contribution in [2.24, 2.45) is 0 Å². The fourth-order valence-electron chi connectivity index (χ4n) is 3.33. The van der Waals surface area contributed by atoms with Gasteiger partial charge in [0.15, 0.2) is 0 Å². The number of hydrogen-bond donors (Lipinski definition) is 2. The Morgan fingerprint density at radius 3 is 2.28 bits per heavy atom. The number of halogens is 1. The molecule has 1 saturated carbocycles. The van der Waals surface area contributed by atoms with Gasteiger partial charge in [0.25, 0.3) is 11.8 Å². The van der Waals surface area contributed by atoms with E-state index in [0.717, 1.165) is 31.2 Å². The predicted molar refractivity (Wildman–Crippen MR) is 115 cm³/mol. The Labute approximate surface area is 176 Å². The Balaban J connectivity index is 1.79. The molecule has 1 fully saturated rings. The molecule has 2 aromatic carbocycles. The molecule has 2 aromatic rings. The molecular formula is C23H25ClN2O3. The molecular weight excluding hydrogens is 388 g/mol. The van der Waals surface area contributed by atoms with Crippen LogP contribution < -0.4 is 15.4 Å². The van der Waals surface area contributed by atoms with Gasteiger partial charge in [-0.25, -0.2) is 0 Å². The fraction of sp³-hybridized carbons (Fsp3) is 0.304. The van der Waals surface area contributed by atoms with Gasteiger partial charge in [-0.1, -0.05) is 43.0 Å². The Morgan fingerprint density at radius 2 is 1.66 bits per heavy atom. The summed E-state index contributed by atoms with van der Waals surface area (Å²) in [4.78, 5) is 25.6. The quantitative estimate of drug-likeness (QED) is 0.683. The Morgan fingerprint density at radius 1 is 1.00 bits per heavy atom. The molecule has 152 valence electrons. The molecule has 2 amide bonds. The minimum Gasteiger partial charge on any atom is -0.497 e. The lowest BCUT2D eigenvalue weighted by Gasteiger charge is -2.23. The van der Waals surface area contributed by atoms with Crippen LogP contribution in [-0.4, -0.2) is 25.0 Å². The van der Waals surface area contributed by atoms with Crippen LogP contribution in [0.15, 0.2) is 54.2 Å². The highest BCUT2D eigenvalue weighted by Crippen LogP contribution is 2.18. The average Bonchev–Trinajstić information content (AvgIpc) is 2.75. The fourth-order valence-corrected chi connectivity index (χ4v) is 3.46. The first-order chi connectivity index (χ1) is 14.0. The third-order valence-electron chi connectivity index (χ3n) is 4.97. The van der Waals surface area contributed by atoms with Crippen molar-refractivity contribution in [1.82, 2.24) is 10.6 Å². The Hall–Kier alpha value is -2.79. The van der Waals surface area contributed by atoms with E-state index in [2.05, 4.69) is 10.6 Å². The molecule has 29 heavy (non-hydrogen) atoms. The first-order valence-electron chi connectivity index (χ1n) is 9.78. The third-order valence-corrected chi connectivity index (χ3v) is 5.22. The smallest absolute Gasteiger partial charge is 0.268 e. The first kappa shape index (κ1) is 20.9. The second kappa shape index (κ2) is 10.1. The van der Waals surface area contributed by atoms with Crippen molar-refractivity contribution in [3.05, 3.63) is 70.4 Å². The highest BCUT2D eigenvalue weighted by atomic mass is 35.5. The van der Waals surface area contributed by atoms with Gasteiger partial charge in [0, 0.05) is 16.6 Å². The molecule has 5 nitrogen and oxygen atoms in total. The van der Waals surface area contributed by atoms with Crippen LogP contribution in [0.5, 0.6) is 5.75 Å². The van der Waals surface area contributed by atoms with Crippen LogP contribution in [0, 0.1) is 0 Å². The molecule has 0 saturated heterocycles. The second-order valence-electron chi connectivity index (χ2n) is 7.10. The molecule has 0 radical (unpaired) electrons. The normalized spacial score (nSPS) is 14.9. The number of benzene rings is 2. The first-order valence-corrected chi connectivity index (χ1v) is 10.2. The summed E-state index contributed by atoms with van der Waals surface area (Å²) < 4.78 is 5.12. The van der Waals surface area contributed by atoms with E-state index in [1.165, 1.54) is 6.42 Å². The van der Waals surface area contributed by atoms with Gasteiger partial charge in [-0.3, -0.25) is 9.59 Å². The summed E-state index contributed by atoms with van der Waals surface area (Å²) in [5, 5.41) is 6.43. The number of carbonyl (C=O) groups is 2. The standard InChI is InChI=1S/C23H25ClN2O3/c1-29-20-13-9-17(10-14-20)22(27)26-21(15-16-7-11-18(24)12-8-16)23(28)25-19-5-3-2-4-6-19/h7-15,19H,2-6H2,1H3,(H,25,28)(H,26,27)/b21-15-. The van der Waals surface area contributed by atoms with Crippen molar-refractivity contribution >= 4 is 29.5 Å². The summed E-state index contributed by atoms with van der Waals surface area (Å²) in [6.45, 7) is 0. The highest BCUT2D eigenvalue weighted by Gasteiger charge is 2.20. The summed E-state index contributed by atoms with van der Waals surface area (Å²) in [5.41, 5.74) is 1.43. The molecule has 0 heterocycles. The van der Waals surface area contributed by atoms with E-state index >= 15 is 0 Å². The van der Waals surface area contributed by atoms with Crippen molar-refractivity contribution in [2.45, 2.75) is 38.1 Å². The number of amides is 2. The van der Waals surface area contributed by atoms with Crippen molar-refractivity contribution in [3.63, 3.8) is 0 Å². The van der Waals surface area contributed by atoms with Gasteiger partial charge in [0.05, 0.1) is 7.11 Å². The van der Waals surface area contributed by atoms with Gasteiger partial charge in [-0.15, -0.1) is 0 Å². The molecule has 0 unspecified atom stereocenters. The van der Waals surface area contributed by atoms with E-state index in [1.54, 1.807) is 61.7 Å². The lowest BCUT2D eigenvalue weighted by Crippen LogP contribution is -2.41. The lowest BCUT2D eigenvalue weighted by atomic mass is 9.95. The van der Waals surface area contributed by atoms with Crippen LogP contribution in [0.1, 0.15) is 48.0 Å². The largest absolute Gasteiger partial charge is 0.497 e. The van der Waals surface area contributed by atoms with Gasteiger partial charge >= 0.3 is 0 Å². The number of nitrogens with one attached hydrogen (secondary N) is 2. The van der Waals surface area contributed by atoms with E-state index in [9.17, 15) is 9.59 Å². The maximum absolute atomic E-state index is 12.9. The molecule has 0 spiro atoms. The molecule has 0 atom stereocenters. The van der Waals surface area contributed by atoms with Crippen LogP contribution in [0.4, 0.5) is 0 Å². The van der Waals surface area contributed by atoms with E-state index < -0.39 is 0 Å². The number of carbonyl (C=O) groups excluding carboxylic acids is 2. The second-order valence-corrected chi connectivity index (χ2v) is 7.54. The maximum Gasteiger partial charge on any atom is 0.268 e. The number of methoxy groups -OCH3 is 1. The zero-order valence-electron chi connectivity index (χ0n) is 16.4. The molecule has 0 bridgehead atoms. The van der Waals surface area contributed by atoms with Gasteiger partial charge < -0.3 is 15.4 Å². The third kappa shape index (κ3) is 6.09. The van der Waals surface area contributed by atoms with E-state index in [1.807, 2.05) is 0 Å². The van der Waals surface area contributed by atoms with Crippen molar-refractivity contribution in [3.8, 4) is 5.75 Å². The minimum atomic E-state index is -0.355. The maximum atomic E-state index is 12.9. The monoisotopic (exact) mass is 412 g/mol. The van der Waals surface area contributed by atoms with Crippen LogP contribution in [0.2, 0.25) is 5.02 Å². The summed E-state index contributed by atoms with van der Waals surface area (Å²) in [6.07, 6.45) is 7.02. The SMILES string of the molecule is COc1ccc(C(=O)N/C(=C\c2ccc(Cl)cc2)C(=O)NC2CCCCC2)cc1. The predicted octanol–water partition coefficient (Wildman–Crippen LogP) is 4.57. The average molecular weight is 413 g/mol. The Bertz CT molecular complexity index is 870.